The molecule has 0 spiro atoms. The summed E-state index contributed by atoms with van der Waals surface area (Å²) in [5.74, 6) is 1.33. The van der Waals surface area contributed by atoms with Gasteiger partial charge >= 0.3 is 0 Å². The van der Waals surface area contributed by atoms with E-state index in [9.17, 15) is 0 Å². The second kappa shape index (κ2) is 8.40. The number of aryl methyl sites for hydroxylation is 1. The molecule has 7 heteroatoms. The van der Waals surface area contributed by atoms with Crippen LogP contribution in [0.15, 0.2) is 24.3 Å². The Hall–Kier alpha value is -2.25. The highest BCUT2D eigenvalue weighted by atomic mass is 16.5. The first-order valence-corrected chi connectivity index (χ1v) is 7.59. The quantitative estimate of drug-likeness (QED) is 0.720. The van der Waals surface area contributed by atoms with Crippen LogP contribution in [0.2, 0.25) is 0 Å². The lowest BCUT2D eigenvalue weighted by Crippen LogP contribution is -2.22. The summed E-state index contributed by atoms with van der Waals surface area (Å²) in [6, 6.07) is 7.95. The molecule has 2 rings (SSSR count). The number of methoxy groups -OCH3 is 1. The number of hydrogen-bond acceptors (Lipinski definition) is 7. The van der Waals surface area contributed by atoms with Crippen molar-refractivity contribution in [3.05, 3.63) is 35.7 Å². The van der Waals surface area contributed by atoms with Crippen LogP contribution in [0.4, 0.5) is 17.6 Å². The van der Waals surface area contributed by atoms with Crippen molar-refractivity contribution in [3.63, 3.8) is 0 Å². The molecule has 0 radical (unpaired) electrons. The van der Waals surface area contributed by atoms with Gasteiger partial charge in [0.15, 0.2) is 0 Å². The SMILES string of the molecule is COCCCN(C)Cc1nc(N)nc(Nc2ccccc2C)n1. The molecule has 23 heavy (non-hydrogen) atoms. The van der Waals surface area contributed by atoms with Gasteiger partial charge in [0.1, 0.15) is 5.82 Å². The smallest absolute Gasteiger partial charge is 0.232 e. The number of nitrogen functional groups attached to an aromatic ring is 1. The number of hydrogen-bond donors (Lipinski definition) is 2. The summed E-state index contributed by atoms with van der Waals surface area (Å²) >= 11 is 0. The van der Waals surface area contributed by atoms with Gasteiger partial charge in [-0.1, -0.05) is 18.2 Å². The first-order chi connectivity index (χ1) is 11.1. The molecule has 0 unspecified atom stereocenters. The zero-order valence-electron chi connectivity index (χ0n) is 13.9. The first kappa shape index (κ1) is 17.1. The predicted molar refractivity (Wildman–Crippen MR) is 91.5 cm³/mol. The Morgan fingerprint density at radius 1 is 1.22 bits per heavy atom. The minimum atomic E-state index is 0.219. The van der Waals surface area contributed by atoms with E-state index in [2.05, 4.69) is 25.2 Å². The maximum Gasteiger partial charge on any atom is 0.232 e. The van der Waals surface area contributed by atoms with Crippen LogP contribution in [0.5, 0.6) is 0 Å². The Balaban J connectivity index is 2.05. The molecule has 0 atom stereocenters. The zero-order valence-corrected chi connectivity index (χ0v) is 13.9. The van der Waals surface area contributed by atoms with Crippen LogP contribution in [0.25, 0.3) is 0 Å². The molecule has 2 aromatic rings. The van der Waals surface area contributed by atoms with E-state index in [0.29, 0.717) is 18.3 Å². The third kappa shape index (κ3) is 5.46. The molecule has 124 valence electrons. The molecule has 0 aliphatic heterocycles. The average molecular weight is 316 g/mol. The van der Waals surface area contributed by atoms with E-state index in [1.807, 2.05) is 38.2 Å². The Morgan fingerprint density at radius 2 is 2.00 bits per heavy atom. The standard InChI is InChI=1S/C16H24N6O/c1-12-7-4-5-8-13(12)18-16-20-14(19-15(17)21-16)11-22(2)9-6-10-23-3/h4-5,7-8H,6,9-11H2,1-3H3,(H3,17,18,19,20,21). The topological polar surface area (TPSA) is 89.2 Å². The summed E-state index contributed by atoms with van der Waals surface area (Å²) < 4.78 is 5.06. The second-order valence-corrected chi connectivity index (χ2v) is 5.46. The van der Waals surface area contributed by atoms with Crippen LogP contribution in [0, 0.1) is 6.92 Å². The van der Waals surface area contributed by atoms with Crippen LogP contribution in [-0.2, 0) is 11.3 Å². The highest BCUT2D eigenvalue weighted by Crippen LogP contribution is 2.17. The number of ether oxygens (including phenoxy) is 1. The van der Waals surface area contributed by atoms with E-state index < -0.39 is 0 Å². The van der Waals surface area contributed by atoms with Gasteiger partial charge in [-0.2, -0.15) is 15.0 Å². The van der Waals surface area contributed by atoms with Gasteiger partial charge in [0, 0.05) is 25.9 Å². The molecular weight excluding hydrogens is 292 g/mol. The van der Waals surface area contributed by atoms with Gasteiger partial charge in [-0.15, -0.1) is 0 Å². The van der Waals surface area contributed by atoms with Crippen LogP contribution >= 0.6 is 0 Å². The monoisotopic (exact) mass is 316 g/mol. The second-order valence-electron chi connectivity index (χ2n) is 5.46. The van der Waals surface area contributed by atoms with Gasteiger partial charge in [-0.25, -0.2) is 0 Å². The van der Waals surface area contributed by atoms with Crippen LogP contribution in [0.1, 0.15) is 17.8 Å². The van der Waals surface area contributed by atoms with E-state index in [-0.39, 0.29) is 5.95 Å². The molecule has 0 fully saturated rings. The number of aromatic nitrogens is 3. The van der Waals surface area contributed by atoms with Gasteiger partial charge in [0.05, 0.1) is 6.54 Å². The third-order valence-corrected chi connectivity index (χ3v) is 3.39. The maximum atomic E-state index is 5.81. The Bertz CT molecular complexity index is 634. The highest BCUT2D eigenvalue weighted by Gasteiger charge is 2.08. The molecule has 0 amide bonds. The van der Waals surface area contributed by atoms with Crippen molar-refractivity contribution in [1.29, 1.82) is 0 Å². The molecule has 0 saturated heterocycles. The van der Waals surface area contributed by atoms with Gasteiger partial charge in [0.2, 0.25) is 11.9 Å². The van der Waals surface area contributed by atoms with E-state index in [4.69, 9.17) is 10.5 Å². The van der Waals surface area contributed by atoms with Crippen LogP contribution in [-0.4, -0.2) is 47.2 Å². The highest BCUT2D eigenvalue weighted by molar-refractivity contribution is 5.58. The maximum absolute atomic E-state index is 5.81. The Kier molecular flexibility index (Phi) is 6.25. The lowest BCUT2D eigenvalue weighted by molar-refractivity contribution is 0.177. The normalized spacial score (nSPS) is 11.0. The summed E-state index contributed by atoms with van der Waals surface area (Å²) in [4.78, 5) is 14.9. The van der Waals surface area contributed by atoms with Gasteiger partial charge in [-0.3, -0.25) is 4.90 Å². The fraction of sp³-hybridized carbons (Fsp3) is 0.438. The molecule has 0 aliphatic carbocycles. The fourth-order valence-corrected chi connectivity index (χ4v) is 2.20. The minimum Gasteiger partial charge on any atom is -0.385 e. The summed E-state index contributed by atoms with van der Waals surface area (Å²) in [5, 5.41) is 3.20. The summed E-state index contributed by atoms with van der Waals surface area (Å²) in [7, 11) is 3.72. The average Bonchev–Trinajstić information content (AvgIpc) is 2.49. The number of benzene rings is 1. The van der Waals surface area contributed by atoms with Gasteiger partial charge < -0.3 is 15.8 Å². The fourth-order valence-electron chi connectivity index (χ4n) is 2.20. The van der Waals surface area contributed by atoms with E-state index in [1.165, 1.54) is 0 Å². The van der Waals surface area contributed by atoms with Crippen molar-refractivity contribution < 1.29 is 4.74 Å². The number of nitrogens with zero attached hydrogens (tertiary/aromatic N) is 4. The largest absolute Gasteiger partial charge is 0.385 e. The molecule has 0 bridgehead atoms. The Morgan fingerprint density at radius 3 is 2.74 bits per heavy atom. The van der Waals surface area contributed by atoms with Gasteiger partial charge in [-0.05, 0) is 32.0 Å². The number of nitrogens with two attached hydrogens (primary N) is 1. The lowest BCUT2D eigenvalue weighted by Gasteiger charge is -2.16. The zero-order chi connectivity index (χ0) is 16.7. The third-order valence-electron chi connectivity index (χ3n) is 3.39. The van der Waals surface area contributed by atoms with Crippen molar-refractivity contribution in [1.82, 2.24) is 19.9 Å². The summed E-state index contributed by atoms with van der Waals surface area (Å²) in [5.41, 5.74) is 7.88. The number of nitrogens with one attached hydrogen (secondary N) is 1. The van der Waals surface area contributed by atoms with Crippen LogP contribution < -0.4 is 11.1 Å². The molecular formula is C16H24N6O. The molecule has 1 heterocycles. The van der Waals surface area contributed by atoms with Crippen molar-refractivity contribution in [2.45, 2.75) is 19.9 Å². The predicted octanol–water partition coefficient (Wildman–Crippen LogP) is 1.97. The lowest BCUT2D eigenvalue weighted by atomic mass is 10.2. The van der Waals surface area contributed by atoms with Gasteiger partial charge in [0.25, 0.3) is 0 Å². The van der Waals surface area contributed by atoms with E-state index in [0.717, 1.165) is 30.8 Å². The van der Waals surface area contributed by atoms with Crippen LogP contribution in [0.3, 0.4) is 0 Å². The molecule has 1 aromatic heterocycles. The number of rotatable bonds is 8. The molecule has 7 nitrogen and oxygen atoms in total. The van der Waals surface area contributed by atoms with E-state index in [1.54, 1.807) is 7.11 Å². The first-order valence-electron chi connectivity index (χ1n) is 7.59. The van der Waals surface area contributed by atoms with Crippen molar-refractivity contribution in [3.8, 4) is 0 Å². The summed E-state index contributed by atoms with van der Waals surface area (Å²) in [6.07, 6.45) is 0.960. The van der Waals surface area contributed by atoms with E-state index >= 15 is 0 Å². The minimum absolute atomic E-state index is 0.219. The molecule has 1 aromatic carbocycles. The van der Waals surface area contributed by atoms with Crippen molar-refractivity contribution >= 4 is 17.6 Å². The Labute approximate surface area is 136 Å². The molecule has 3 N–H and O–H groups in total. The summed E-state index contributed by atoms with van der Waals surface area (Å²) in [6.45, 7) is 4.28. The van der Waals surface area contributed by atoms with Crippen molar-refractivity contribution in [2.75, 3.05) is 38.4 Å². The number of anilines is 3. The van der Waals surface area contributed by atoms with Crippen molar-refractivity contribution in [2.24, 2.45) is 0 Å². The molecule has 0 aliphatic rings. The number of para-hydroxylation sites is 1. The molecule has 0 saturated carbocycles.